The number of carbonyl (C=O) groups is 1. The maximum Gasteiger partial charge on any atom is 0.271 e. The van der Waals surface area contributed by atoms with E-state index in [9.17, 15) is 9.90 Å². The number of hydrazone groups is 1. The summed E-state index contributed by atoms with van der Waals surface area (Å²) in [5.41, 5.74) is 3.34. The Bertz CT molecular complexity index is 567. The van der Waals surface area contributed by atoms with Crippen molar-refractivity contribution >= 4 is 12.1 Å². The van der Waals surface area contributed by atoms with E-state index in [1.165, 1.54) is 18.3 Å². The Morgan fingerprint density at radius 1 is 1.28 bits per heavy atom. The van der Waals surface area contributed by atoms with Gasteiger partial charge in [-0.2, -0.15) is 5.10 Å². The zero-order valence-electron chi connectivity index (χ0n) is 9.45. The predicted octanol–water partition coefficient (Wildman–Crippen LogP) is 1.55. The first-order valence-corrected chi connectivity index (χ1v) is 5.29. The van der Waals surface area contributed by atoms with Gasteiger partial charge in [0, 0.05) is 11.8 Å². The molecule has 0 atom stereocenters. The molecule has 0 aliphatic rings. The van der Waals surface area contributed by atoms with Crippen molar-refractivity contribution in [3.63, 3.8) is 0 Å². The average molecular weight is 241 g/mol. The topological polar surface area (TPSA) is 74.6 Å². The molecule has 1 amide bonds. The molecule has 2 aromatic rings. The van der Waals surface area contributed by atoms with E-state index in [1.54, 1.807) is 30.5 Å². The Morgan fingerprint density at radius 3 is 2.89 bits per heavy atom. The van der Waals surface area contributed by atoms with Gasteiger partial charge < -0.3 is 5.11 Å². The highest BCUT2D eigenvalue weighted by molar-refractivity contribution is 5.95. The summed E-state index contributed by atoms with van der Waals surface area (Å²) in [6.07, 6.45) is 3.08. The molecule has 0 aliphatic heterocycles. The van der Waals surface area contributed by atoms with E-state index >= 15 is 0 Å². The fourth-order valence-electron chi connectivity index (χ4n) is 1.32. The Kier molecular flexibility index (Phi) is 3.66. The van der Waals surface area contributed by atoms with E-state index in [0.717, 1.165) is 0 Å². The van der Waals surface area contributed by atoms with Gasteiger partial charge in [0.1, 0.15) is 5.75 Å². The first kappa shape index (κ1) is 11.8. The van der Waals surface area contributed by atoms with Crippen molar-refractivity contribution in [2.24, 2.45) is 5.10 Å². The number of pyridine rings is 1. The molecule has 0 saturated carbocycles. The van der Waals surface area contributed by atoms with Gasteiger partial charge in [-0.3, -0.25) is 9.78 Å². The van der Waals surface area contributed by atoms with E-state index in [4.69, 9.17) is 0 Å². The van der Waals surface area contributed by atoms with E-state index in [2.05, 4.69) is 15.5 Å². The highest BCUT2D eigenvalue weighted by Crippen LogP contribution is 2.10. The first-order chi connectivity index (χ1) is 8.75. The minimum atomic E-state index is -0.391. The van der Waals surface area contributed by atoms with Crippen LogP contribution in [-0.4, -0.2) is 22.2 Å². The molecule has 90 valence electrons. The number of benzene rings is 1. The maximum atomic E-state index is 11.6. The van der Waals surface area contributed by atoms with Crippen molar-refractivity contribution in [1.82, 2.24) is 10.4 Å². The lowest BCUT2D eigenvalue weighted by atomic mass is 10.2. The van der Waals surface area contributed by atoms with Crippen molar-refractivity contribution in [3.05, 3.63) is 59.9 Å². The number of carbonyl (C=O) groups excluding carboxylic acids is 1. The summed E-state index contributed by atoms with van der Waals surface area (Å²) >= 11 is 0. The van der Waals surface area contributed by atoms with Crippen LogP contribution in [0.4, 0.5) is 0 Å². The highest BCUT2D eigenvalue weighted by Gasteiger charge is 2.03. The highest BCUT2D eigenvalue weighted by atomic mass is 16.3. The van der Waals surface area contributed by atoms with Crippen LogP contribution in [-0.2, 0) is 0 Å². The van der Waals surface area contributed by atoms with Crippen LogP contribution in [0.2, 0.25) is 0 Å². The van der Waals surface area contributed by atoms with Crippen molar-refractivity contribution in [1.29, 1.82) is 0 Å². The number of aromatic nitrogens is 1. The SMILES string of the molecule is O=C(NN=Cc1ccccn1)c1cccc(O)c1. The van der Waals surface area contributed by atoms with Crippen LogP contribution < -0.4 is 5.43 Å². The Morgan fingerprint density at radius 2 is 2.17 bits per heavy atom. The Hall–Kier alpha value is -2.69. The van der Waals surface area contributed by atoms with Crippen LogP contribution in [0.1, 0.15) is 16.1 Å². The Balaban J connectivity index is 1.99. The van der Waals surface area contributed by atoms with E-state index in [0.29, 0.717) is 11.3 Å². The fraction of sp³-hybridized carbons (Fsp3) is 0. The summed E-state index contributed by atoms with van der Waals surface area (Å²) in [5.74, 6) is -0.352. The number of rotatable bonds is 3. The second kappa shape index (κ2) is 5.58. The van der Waals surface area contributed by atoms with Crippen molar-refractivity contribution < 1.29 is 9.90 Å². The number of hydrogen-bond donors (Lipinski definition) is 2. The lowest BCUT2D eigenvalue weighted by Crippen LogP contribution is -2.17. The number of phenolic OH excluding ortho intramolecular Hbond substituents is 1. The molecule has 0 spiro atoms. The first-order valence-electron chi connectivity index (χ1n) is 5.29. The largest absolute Gasteiger partial charge is 0.508 e. The van der Waals surface area contributed by atoms with Gasteiger partial charge in [0.2, 0.25) is 0 Å². The molecule has 0 unspecified atom stereocenters. The third-order valence-electron chi connectivity index (χ3n) is 2.16. The van der Waals surface area contributed by atoms with Crippen LogP contribution in [0, 0.1) is 0 Å². The lowest BCUT2D eigenvalue weighted by Gasteiger charge is -1.99. The summed E-state index contributed by atoms with van der Waals surface area (Å²) in [4.78, 5) is 15.7. The van der Waals surface area contributed by atoms with Crippen molar-refractivity contribution in [2.45, 2.75) is 0 Å². The standard InChI is InChI=1S/C13H11N3O2/c17-12-6-3-4-10(8-12)13(18)16-15-9-11-5-1-2-7-14-11/h1-9,17H,(H,16,18). The van der Waals surface area contributed by atoms with Gasteiger partial charge in [0.05, 0.1) is 11.9 Å². The van der Waals surface area contributed by atoms with Gasteiger partial charge in [-0.15, -0.1) is 0 Å². The summed E-state index contributed by atoms with van der Waals surface area (Å²) in [6, 6.07) is 11.4. The summed E-state index contributed by atoms with van der Waals surface area (Å²) < 4.78 is 0. The number of amides is 1. The summed E-state index contributed by atoms with van der Waals surface area (Å²) in [6.45, 7) is 0. The van der Waals surface area contributed by atoms with Crippen LogP contribution in [0.25, 0.3) is 0 Å². The zero-order chi connectivity index (χ0) is 12.8. The molecular weight excluding hydrogens is 230 g/mol. The van der Waals surface area contributed by atoms with E-state index in [1.807, 2.05) is 6.07 Å². The fourth-order valence-corrected chi connectivity index (χ4v) is 1.32. The number of hydrogen-bond acceptors (Lipinski definition) is 4. The zero-order valence-corrected chi connectivity index (χ0v) is 9.45. The minimum Gasteiger partial charge on any atom is -0.508 e. The quantitative estimate of drug-likeness (QED) is 0.632. The third kappa shape index (κ3) is 3.15. The van der Waals surface area contributed by atoms with E-state index in [-0.39, 0.29) is 5.75 Å². The maximum absolute atomic E-state index is 11.6. The average Bonchev–Trinajstić information content (AvgIpc) is 2.40. The van der Waals surface area contributed by atoms with Gasteiger partial charge in [-0.1, -0.05) is 12.1 Å². The second-order valence-electron chi connectivity index (χ2n) is 3.50. The van der Waals surface area contributed by atoms with Crippen LogP contribution in [0.15, 0.2) is 53.8 Å². The number of aromatic hydroxyl groups is 1. The van der Waals surface area contributed by atoms with Crippen molar-refractivity contribution in [3.8, 4) is 5.75 Å². The molecule has 0 aliphatic carbocycles. The normalized spacial score (nSPS) is 10.4. The monoisotopic (exact) mass is 241 g/mol. The van der Waals surface area contributed by atoms with Gasteiger partial charge in [0.25, 0.3) is 5.91 Å². The molecule has 0 saturated heterocycles. The van der Waals surface area contributed by atoms with Crippen LogP contribution in [0.3, 0.4) is 0 Å². The molecule has 2 N–H and O–H groups in total. The second-order valence-corrected chi connectivity index (χ2v) is 3.50. The molecule has 5 nitrogen and oxygen atoms in total. The van der Waals surface area contributed by atoms with Crippen LogP contribution in [0.5, 0.6) is 5.75 Å². The Labute approximate surface area is 104 Å². The molecule has 1 aromatic carbocycles. The van der Waals surface area contributed by atoms with Crippen molar-refractivity contribution in [2.75, 3.05) is 0 Å². The summed E-state index contributed by atoms with van der Waals surface area (Å²) in [5, 5.41) is 13.0. The van der Waals surface area contributed by atoms with Gasteiger partial charge in [0.15, 0.2) is 0 Å². The molecule has 18 heavy (non-hydrogen) atoms. The molecule has 5 heteroatoms. The predicted molar refractivity (Wildman–Crippen MR) is 67.4 cm³/mol. The third-order valence-corrected chi connectivity index (χ3v) is 2.16. The molecule has 1 heterocycles. The molecular formula is C13H11N3O2. The van der Waals surface area contributed by atoms with Gasteiger partial charge >= 0.3 is 0 Å². The molecule has 0 bridgehead atoms. The lowest BCUT2D eigenvalue weighted by molar-refractivity contribution is 0.0954. The molecule has 1 aromatic heterocycles. The van der Waals surface area contributed by atoms with Gasteiger partial charge in [-0.05, 0) is 30.3 Å². The molecule has 2 rings (SSSR count). The van der Waals surface area contributed by atoms with Crippen LogP contribution >= 0.6 is 0 Å². The minimum absolute atomic E-state index is 0.0383. The number of nitrogens with zero attached hydrogens (tertiary/aromatic N) is 2. The number of nitrogens with one attached hydrogen (secondary N) is 1. The molecule has 0 fully saturated rings. The summed E-state index contributed by atoms with van der Waals surface area (Å²) in [7, 11) is 0. The smallest absolute Gasteiger partial charge is 0.271 e. The van der Waals surface area contributed by atoms with E-state index < -0.39 is 5.91 Å². The number of phenols is 1. The molecule has 0 radical (unpaired) electrons. The van der Waals surface area contributed by atoms with Gasteiger partial charge in [-0.25, -0.2) is 5.43 Å².